The molecule has 1 aromatic heterocycles. The van der Waals surface area contributed by atoms with E-state index in [1.54, 1.807) is 11.9 Å². The first-order valence-electron chi connectivity index (χ1n) is 7.30. The van der Waals surface area contributed by atoms with Crippen LogP contribution in [0.5, 0.6) is 0 Å². The summed E-state index contributed by atoms with van der Waals surface area (Å²) in [6.45, 7) is 2.96. The van der Waals surface area contributed by atoms with Gasteiger partial charge in [0, 0.05) is 19.3 Å². The van der Waals surface area contributed by atoms with E-state index in [9.17, 15) is 9.90 Å². The third kappa shape index (κ3) is 4.36. The van der Waals surface area contributed by atoms with Crippen LogP contribution in [-0.4, -0.2) is 42.7 Å². The molecule has 0 bridgehead atoms. The summed E-state index contributed by atoms with van der Waals surface area (Å²) in [5.41, 5.74) is 0.923. The Balaban J connectivity index is 1.98. The van der Waals surface area contributed by atoms with E-state index >= 15 is 0 Å². The first-order chi connectivity index (χ1) is 10.6. The van der Waals surface area contributed by atoms with Crippen LogP contribution < -0.4 is 4.90 Å². The van der Waals surface area contributed by atoms with Gasteiger partial charge in [-0.3, -0.25) is 4.79 Å². The lowest BCUT2D eigenvalue weighted by atomic mass is 10.2. The number of hydrogen-bond donors (Lipinski definition) is 1. The average molecular weight is 302 g/mol. The maximum atomic E-state index is 12.4. The fraction of sp³-hybridized carbons (Fsp3) is 0.353. The predicted molar refractivity (Wildman–Crippen MR) is 85.7 cm³/mol. The molecule has 5 nitrogen and oxygen atoms in total. The summed E-state index contributed by atoms with van der Waals surface area (Å²) >= 11 is 0. The Morgan fingerprint density at radius 2 is 1.91 bits per heavy atom. The number of likely N-dealkylation sites (N-methyl/N-ethyl adjacent to an activating group) is 1. The van der Waals surface area contributed by atoms with Gasteiger partial charge in [0.25, 0.3) is 0 Å². The van der Waals surface area contributed by atoms with Gasteiger partial charge in [-0.1, -0.05) is 18.2 Å². The van der Waals surface area contributed by atoms with E-state index < -0.39 is 0 Å². The van der Waals surface area contributed by atoms with Crippen molar-refractivity contribution in [2.75, 3.05) is 31.6 Å². The maximum Gasteiger partial charge on any atom is 0.242 e. The molecule has 0 aliphatic heterocycles. The third-order valence-corrected chi connectivity index (χ3v) is 3.43. The van der Waals surface area contributed by atoms with E-state index in [0.29, 0.717) is 13.1 Å². The molecule has 0 saturated heterocycles. The van der Waals surface area contributed by atoms with Gasteiger partial charge < -0.3 is 19.3 Å². The van der Waals surface area contributed by atoms with Crippen LogP contribution in [0.4, 0.5) is 5.69 Å². The van der Waals surface area contributed by atoms with Gasteiger partial charge in [-0.2, -0.15) is 0 Å². The lowest BCUT2D eigenvalue weighted by Gasteiger charge is -2.26. The topological polar surface area (TPSA) is 56.9 Å². The zero-order valence-electron chi connectivity index (χ0n) is 13.0. The second-order valence-corrected chi connectivity index (χ2v) is 5.24. The molecule has 1 aromatic carbocycles. The van der Waals surface area contributed by atoms with Gasteiger partial charge in [0.15, 0.2) is 0 Å². The number of benzene rings is 1. The van der Waals surface area contributed by atoms with Crippen LogP contribution in [0.15, 0.2) is 46.9 Å². The fourth-order valence-corrected chi connectivity index (χ4v) is 2.23. The van der Waals surface area contributed by atoms with Crippen LogP contribution >= 0.6 is 0 Å². The van der Waals surface area contributed by atoms with Crippen molar-refractivity contribution in [3.63, 3.8) is 0 Å². The summed E-state index contributed by atoms with van der Waals surface area (Å²) in [6, 6.07) is 13.4. The number of hydrogen-bond acceptors (Lipinski definition) is 4. The second-order valence-electron chi connectivity index (χ2n) is 5.24. The molecule has 118 valence electrons. The van der Waals surface area contributed by atoms with Crippen molar-refractivity contribution in [1.29, 1.82) is 0 Å². The number of anilines is 1. The Hall–Kier alpha value is -2.27. The molecule has 0 fully saturated rings. The average Bonchev–Trinajstić information content (AvgIpc) is 2.92. The number of rotatable bonds is 7. The lowest BCUT2D eigenvalue weighted by Crippen LogP contribution is -2.39. The highest BCUT2D eigenvalue weighted by atomic mass is 16.3. The van der Waals surface area contributed by atoms with Crippen molar-refractivity contribution >= 4 is 11.6 Å². The Morgan fingerprint density at radius 3 is 2.50 bits per heavy atom. The molecule has 0 atom stereocenters. The van der Waals surface area contributed by atoms with Crippen molar-refractivity contribution in [2.24, 2.45) is 0 Å². The predicted octanol–water partition coefficient (Wildman–Crippen LogP) is 2.05. The van der Waals surface area contributed by atoms with E-state index in [1.807, 2.05) is 54.3 Å². The zero-order valence-corrected chi connectivity index (χ0v) is 13.0. The molecular formula is C17H22N2O3. The van der Waals surface area contributed by atoms with Crippen molar-refractivity contribution in [3.8, 4) is 0 Å². The summed E-state index contributed by atoms with van der Waals surface area (Å²) in [7, 11) is 1.75. The molecule has 2 aromatic rings. The smallest absolute Gasteiger partial charge is 0.242 e. The van der Waals surface area contributed by atoms with Crippen LogP contribution in [0.3, 0.4) is 0 Å². The van der Waals surface area contributed by atoms with Crippen LogP contribution in [0.1, 0.15) is 11.5 Å². The van der Waals surface area contributed by atoms with Crippen LogP contribution in [-0.2, 0) is 11.3 Å². The monoisotopic (exact) mass is 302 g/mol. The minimum Gasteiger partial charge on any atom is -0.464 e. The highest BCUT2D eigenvalue weighted by Gasteiger charge is 2.16. The number of carbonyl (C=O) groups is 1. The van der Waals surface area contributed by atoms with Crippen LogP contribution in [0.2, 0.25) is 0 Å². The summed E-state index contributed by atoms with van der Waals surface area (Å²) in [5.74, 6) is 1.58. The number of furan rings is 1. The Bertz CT molecular complexity index is 595. The van der Waals surface area contributed by atoms with Crippen molar-refractivity contribution < 1.29 is 14.3 Å². The lowest BCUT2D eigenvalue weighted by molar-refractivity contribution is -0.129. The molecule has 5 heteroatoms. The largest absolute Gasteiger partial charge is 0.464 e. The summed E-state index contributed by atoms with van der Waals surface area (Å²) in [4.78, 5) is 15.9. The first-order valence-corrected chi connectivity index (χ1v) is 7.30. The highest BCUT2D eigenvalue weighted by molar-refractivity contribution is 5.81. The van der Waals surface area contributed by atoms with Gasteiger partial charge in [0.2, 0.25) is 5.91 Å². The molecule has 0 spiro atoms. The first kappa shape index (κ1) is 16.1. The summed E-state index contributed by atoms with van der Waals surface area (Å²) < 4.78 is 5.49. The van der Waals surface area contributed by atoms with Crippen molar-refractivity contribution in [1.82, 2.24) is 4.90 Å². The Morgan fingerprint density at radius 1 is 1.18 bits per heavy atom. The van der Waals surface area contributed by atoms with Gasteiger partial charge in [-0.25, -0.2) is 0 Å². The van der Waals surface area contributed by atoms with Gasteiger partial charge in [-0.15, -0.1) is 0 Å². The number of amides is 1. The fourth-order valence-electron chi connectivity index (χ4n) is 2.23. The van der Waals surface area contributed by atoms with Crippen LogP contribution in [0.25, 0.3) is 0 Å². The van der Waals surface area contributed by atoms with Gasteiger partial charge in [0.1, 0.15) is 11.5 Å². The van der Waals surface area contributed by atoms with Crippen molar-refractivity contribution in [2.45, 2.75) is 13.5 Å². The number of carbonyl (C=O) groups excluding carboxylic acids is 1. The van der Waals surface area contributed by atoms with Crippen LogP contribution in [0, 0.1) is 6.92 Å². The van der Waals surface area contributed by atoms with Gasteiger partial charge in [0.05, 0.1) is 19.7 Å². The minimum absolute atomic E-state index is 0.00324. The molecule has 0 saturated carbocycles. The van der Waals surface area contributed by atoms with E-state index in [4.69, 9.17) is 4.42 Å². The minimum atomic E-state index is -0.0219. The van der Waals surface area contributed by atoms with Crippen molar-refractivity contribution in [3.05, 3.63) is 54.0 Å². The summed E-state index contributed by atoms with van der Waals surface area (Å²) in [5, 5.41) is 9.21. The standard InChI is InChI=1S/C17H22N2O3/c1-14-8-9-16(22-14)12-18(2)17(21)13-19(10-11-20)15-6-4-3-5-7-15/h3-9,20H,10-13H2,1-2H3. The van der Waals surface area contributed by atoms with Gasteiger partial charge in [-0.05, 0) is 31.2 Å². The molecule has 1 heterocycles. The number of aryl methyl sites for hydroxylation is 1. The number of nitrogens with zero attached hydrogens (tertiary/aromatic N) is 2. The Labute approximate surface area is 130 Å². The van der Waals surface area contributed by atoms with E-state index in [-0.39, 0.29) is 19.1 Å². The molecule has 22 heavy (non-hydrogen) atoms. The van der Waals surface area contributed by atoms with E-state index in [0.717, 1.165) is 17.2 Å². The highest BCUT2D eigenvalue weighted by Crippen LogP contribution is 2.14. The number of aliphatic hydroxyl groups excluding tert-OH is 1. The van der Waals surface area contributed by atoms with E-state index in [1.165, 1.54) is 0 Å². The van der Waals surface area contributed by atoms with E-state index in [2.05, 4.69) is 0 Å². The molecule has 0 unspecified atom stereocenters. The molecule has 0 aliphatic rings. The second kappa shape index (κ2) is 7.66. The normalized spacial score (nSPS) is 10.5. The quantitative estimate of drug-likeness (QED) is 0.850. The molecule has 0 radical (unpaired) electrons. The molecular weight excluding hydrogens is 280 g/mol. The molecule has 1 amide bonds. The third-order valence-electron chi connectivity index (χ3n) is 3.43. The SMILES string of the molecule is Cc1ccc(CN(C)C(=O)CN(CCO)c2ccccc2)o1. The molecule has 1 N–H and O–H groups in total. The molecule has 2 rings (SSSR count). The summed E-state index contributed by atoms with van der Waals surface area (Å²) in [6.07, 6.45) is 0. The van der Waals surface area contributed by atoms with Gasteiger partial charge >= 0.3 is 0 Å². The zero-order chi connectivity index (χ0) is 15.9. The Kier molecular flexibility index (Phi) is 5.61. The maximum absolute atomic E-state index is 12.4. The number of aliphatic hydroxyl groups is 1. The molecule has 0 aliphatic carbocycles. The number of para-hydroxylation sites is 1.